The van der Waals surface area contributed by atoms with Crippen molar-refractivity contribution in [2.24, 2.45) is 10.2 Å². The highest BCUT2D eigenvalue weighted by Crippen LogP contribution is 2.27. The molecule has 0 fully saturated rings. The average Bonchev–Trinajstić information content (AvgIpc) is 3.44. The number of nitrogens with zero attached hydrogens (tertiary/aromatic N) is 5. The minimum atomic E-state index is -0.338. The SMILES string of the molecule is COc1ccc(N=Nc2ccc(N(CCN3C(=O)c4ccccc4C3=O)CCN3C(=O)c4ccccc4C3=O)cc2)cc1. The van der Waals surface area contributed by atoms with E-state index < -0.39 is 0 Å². The Morgan fingerprint density at radius 2 is 0.930 bits per heavy atom. The number of carbonyl (C=O) groups is 4. The van der Waals surface area contributed by atoms with E-state index in [1.54, 1.807) is 92.0 Å². The van der Waals surface area contributed by atoms with E-state index in [0.717, 1.165) is 11.4 Å². The molecule has 4 amide bonds. The molecule has 214 valence electrons. The fourth-order valence-electron chi connectivity index (χ4n) is 5.19. The molecule has 2 heterocycles. The molecule has 10 heteroatoms. The molecular weight excluding hydrogens is 546 g/mol. The van der Waals surface area contributed by atoms with Crippen molar-refractivity contribution in [1.82, 2.24) is 9.80 Å². The molecule has 2 aliphatic heterocycles. The molecule has 0 N–H and O–H groups in total. The van der Waals surface area contributed by atoms with Crippen LogP contribution in [0.25, 0.3) is 0 Å². The van der Waals surface area contributed by atoms with Gasteiger partial charge in [-0.1, -0.05) is 24.3 Å². The molecule has 10 nitrogen and oxygen atoms in total. The molecule has 0 saturated carbocycles. The second kappa shape index (κ2) is 11.7. The largest absolute Gasteiger partial charge is 0.497 e. The molecule has 0 atom stereocenters. The Labute approximate surface area is 247 Å². The van der Waals surface area contributed by atoms with Crippen LogP contribution in [0.2, 0.25) is 0 Å². The summed E-state index contributed by atoms with van der Waals surface area (Å²) < 4.78 is 5.17. The maximum atomic E-state index is 13.0. The number of amides is 4. The van der Waals surface area contributed by atoms with Crippen LogP contribution in [0.3, 0.4) is 0 Å². The molecule has 6 rings (SSSR count). The zero-order valence-corrected chi connectivity index (χ0v) is 23.3. The zero-order chi connectivity index (χ0) is 29.9. The highest BCUT2D eigenvalue weighted by atomic mass is 16.5. The third-order valence-electron chi connectivity index (χ3n) is 7.51. The lowest BCUT2D eigenvalue weighted by atomic mass is 10.1. The van der Waals surface area contributed by atoms with Gasteiger partial charge in [0.15, 0.2) is 0 Å². The van der Waals surface area contributed by atoms with Crippen LogP contribution in [0.4, 0.5) is 17.1 Å². The van der Waals surface area contributed by atoms with Crippen molar-refractivity contribution in [1.29, 1.82) is 0 Å². The molecule has 0 aliphatic carbocycles. The molecule has 0 radical (unpaired) electrons. The van der Waals surface area contributed by atoms with Gasteiger partial charge in [-0.3, -0.25) is 29.0 Å². The number of benzene rings is 4. The molecule has 4 aromatic carbocycles. The standard InChI is InChI=1S/C33H27N5O5/c1-43-25-16-12-23(13-17-25)35-34-22-10-14-24(15-11-22)36(18-20-37-30(39)26-6-2-3-7-27(26)31(37)40)19-21-38-32(41)28-8-4-5-9-29(28)33(38)42/h2-17H,18-21H2,1H3. The van der Waals surface area contributed by atoms with Crippen LogP contribution >= 0.6 is 0 Å². The van der Waals surface area contributed by atoms with Crippen LogP contribution in [0.1, 0.15) is 41.4 Å². The molecule has 0 saturated heterocycles. The van der Waals surface area contributed by atoms with E-state index in [1.165, 1.54) is 9.80 Å². The van der Waals surface area contributed by atoms with Gasteiger partial charge in [-0.2, -0.15) is 10.2 Å². The summed E-state index contributed by atoms with van der Waals surface area (Å²) in [6.07, 6.45) is 0. The van der Waals surface area contributed by atoms with Crippen molar-refractivity contribution in [2.75, 3.05) is 38.2 Å². The highest BCUT2D eigenvalue weighted by Gasteiger charge is 2.36. The molecule has 2 aliphatic rings. The van der Waals surface area contributed by atoms with Gasteiger partial charge in [0.1, 0.15) is 5.75 Å². The van der Waals surface area contributed by atoms with Crippen LogP contribution in [0.5, 0.6) is 5.75 Å². The fraction of sp³-hybridized carbons (Fsp3) is 0.152. The van der Waals surface area contributed by atoms with Crippen LogP contribution in [-0.2, 0) is 0 Å². The number of hydrogen-bond acceptors (Lipinski definition) is 8. The van der Waals surface area contributed by atoms with E-state index in [0.29, 0.717) is 46.7 Å². The summed E-state index contributed by atoms with van der Waals surface area (Å²) in [5, 5.41) is 8.58. The van der Waals surface area contributed by atoms with Gasteiger partial charge in [-0.15, -0.1) is 0 Å². The number of methoxy groups -OCH3 is 1. The average molecular weight is 574 g/mol. The highest BCUT2D eigenvalue weighted by molar-refractivity contribution is 6.22. The van der Waals surface area contributed by atoms with Crippen LogP contribution in [0.15, 0.2) is 107 Å². The van der Waals surface area contributed by atoms with Gasteiger partial charge in [-0.05, 0) is 72.8 Å². The lowest BCUT2D eigenvalue weighted by Crippen LogP contribution is -2.42. The lowest BCUT2D eigenvalue weighted by Gasteiger charge is -2.28. The van der Waals surface area contributed by atoms with Gasteiger partial charge >= 0.3 is 0 Å². The van der Waals surface area contributed by atoms with Crippen LogP contribution < -0.4 is 9.64 Å². The first-order valence-corrected chi connectivity index (χ1v) is 13.8. The fourth-order valence-corrected chi connectivity index (χ4v) is 5.19. The molecule has 0 bridgehead atoms. The van der Waals surface area contributed by atoms with Crippen LogP contribution in [-0.4, -0.2) is 66.7 Å². The maximum absolute atomic E-state index is 13.0. The Kier molecular flexibility index (Phi) is 7.48. The molecule has 0 spiro atoms. The summed E-state index contributed by atoms with van der Waals surface area (Å²) in [7, 11) is 1.60. The van der Waals surface area contributed by atoms with Crippen molar-refractivity contribution in [3.05, 3.63) is 119 Å². The van der Waals surface area contributed by atoms with Gasteiger partial charge in [0.25, 0.3) is 23.6 Å². The maximum Gasteiger partial charge on any atom is 0.261 e. The van der Waals surface area contributed by atoms with E-state index in [4.69, 9.17) is 4.74 Å². The number of carbonyl (C=O) groups excluding carboxylic acids is 4. The summed E-state index contributed by atoms with van der Waals surface area (Å²) >= 11 is 0. The Balaban J connectivity index is 1.19. The van der Waals surface area contributed by atoms with Gasteiger partial charge in [0.2, 0.25) is 0 Å². The van der Waals surface area contributed by atoms with Gasteiger partial charge in [-0.25, -0.2) is 0 Å². The summed E-state index contributed by atoms with van der Waals surface area (Å²) in [4.78, 5) is 56.3. The number of fused-ring (bicyclic) bond motifs is 2. The quantitative estimate of drug-likeness (QED) is 0.183. The summed E-state index contributed by atoms with van der Waals surface area (Å²) in [5.74, 6) is -0.624. The molecular formula is C33H27N5O5. The Morgan fingerprint density at radius 3 is 1.30 bits per heavy atom. The van der Waals surface area contributed by atoms with Crippen molar-refractivity contribution >= 4 is 40.7 Å². The van der Waals surface area contributed by atoms with Crippen molar-refractivity contribution < 1.29 is 23.9 Å². The first-order valence-electron chi connectivity index (χ1n) is 13.8. The smallest absolute Gasteiger partial charge is 0.261 e. The monoisotopic (exact) mass is 573 g/mol. The van der Waals surface area contributed by atoms with E-state index >= 15 is 0 Å². The van der Waals surface area contributed by atoms with E-state index in [1.807, 2.05) is 17.0 Å². The predicted molar refractivity (Wildman–Crippen MR) is 159 cm³/mol. The second-order valence-corrected chi connectivity index (χ2v) is 10.0. The first kappa shape index (κ1) is 27.5. The van der Waals surface area contributed by atoms with Crippen molar-refractivity contribution in [2.45, 2.75) is 0 Å². The van der Waals surface area contributed by atoms with Crippen molar-refractivity contribution in [3.63, 3.8) is 0 Å². The Hall–Kier alpha value is -5.64. The Bertz CT molecular complexity index is 1600. The lowest BCUT2D eigenvalue weighted by molar-refractivity contribution is 0.0650. The normalized spacial score (nSPS) is 14.1. The third kappa shape index (κ3) is 5.38. The molecule has 4 aromatic rings. The van der Waals surface area contributed by atoms with Gasteiger partial charge in [0, 0.05) is 31.9 Å². The van der Waals surface area contributed by atoms with Crippen molar-refractivity contribution in [3.8, 4) is 5.75 Å². The zero-order valence-electron chi connectivity index (χ0n) is 23.3. The van der Waals surface area contributed by atoms with Gasteiger partial charge in [0.05, 0.1) is 40.7 Å². The van der Waals surface area contributed by atoms with E-state index in [2.05, 4.69) is 10.2 Å². The van der Waals surface area contributed by atoms with E-state index in [9.17, 15) is 19.2 Å². The number of hydrogen-bond donors (Lipinski definition) is 0. The van der Waals surface area contributed by atoms with Gasteiger partial charge < -0.3 is 9.64 Å². The van der Waals surface area contributed by atoms with Crippen LogP contribution in [0, 0.1) is 0 Å². The number of azo groups is 1. The number of anilines is 1. The first-order chi connectivity index (χ1) is 20.9. The minimum Gasteiger partial charge on any atom is -0.497 e. The number of rotatable bonds is 10. The third-order valence-corrected chi connectivity index (χ3v) is 7.51. The molecule has 43 heavy (non-hydrogen) atoms. The number of imide groups is 2. The summed E-state index contributed by atoms with van der Waals surface area (Å²) in [5.41, 5.74) is 3.62. The molecule has 0 aromatic heterocycles. The number of ether oxygens (including phenoxy) is 1. The summed E-state index contributed by atoms with van der Waals surface area (Å²) in [6, 6.07) is 28.0. The topological polar surface area (TPSA) is 112 Å². The van der Waals surface area contributed by atoms with E-state index in [-0.39, 0.29) is 36.7 Å². The Morgan fingerprint density at radius 1 is 0.558 bits per heavy atom. The predicted octanol–water partition coefficient (Wildman–Crippen LogP) is 5.51. The second-order valence-electron chi connectivity index (χ2n) is 10.0. The summed E-state index contributed by atoms with van der Waals surface area (Å²) in [6.45, 7) is 0.851. The molecule has 0 unspecified atom stereocenters. The minimum absolute atomic E-state index is 0.132.